The molecule has 0 aromatic heterocycles. The predicted molar refractivity (Wildman–Crippen MR) is 66.5 cm³/mol. The molecule has 0 aliphatic heterocycles. The molecule has 1 aliphatic carbocycles. The minimum Gasteiger partial charge on any atom is -0.469 e. The second-order valence-corrected chi connectivity index (χ2v) is 5.04. The Kier molecular flexibility index (Phi) is 4.91. The minimum atomic E-state index is -0.220. The summed E-state index contributed by atoms with van der Waals surface area (Å²) in [6.45, 7) is 4.10. The Bertz CT molecular complexity index is 319. The zero-order chi connectivity index (χ0) is 12.9. The third kappa shape index (κ3) is 3.42. The van der Waals surface area contributed by atoms with E-state index in [9.17, 15) is 9.59 Å². The van der Waals surface area contributed by atoms with E-state index in [0.29, 0.717) is 12.8 Å². The fraction of sp³-hybridized carbons (Fsp3) is 0.714. The first kappa shape index (κ1) is 13.9. The lowest BCUT2D eigenvalue weighted by molar-refractivity contribution is -0.143. The average Bonchev–Trinajstić information content (AvgIpc) is 2.57. The van der Waals surface area contributed by atoms with E-state index in [1.54, 1.807) is 0 Å². The van der Waals surface area contributed by atoms with E-state index >= 15 is 0 Å². The highest BCUT2D eigenvalue weighted by molar-refractivity contribution is 5.85. The van der Waals surface area contributed by atoms with E-state index in [4.69, 9.17) is 4.74 Å². The van der Waals surface area contributed by atoms with Crippen LogP contribution < -0.4 is 0 Å². The zero-order valence-electron chi connectivity index (χ0n) is 11.0. The van der Waals surface area contributed by atoms with Crippen LogP contribution in [-0.2, 0) is 14.3 Å². The molecule has 0 spiro atoms. The summed E-state index contributed by atoms with van der Waals surface area (Å²) in [7, 11) is 1.40. The monoisotopic (exact) mass is 238 g/mol. The van der Waals surface area contributed by atoms with Crippen LogP contribution in [0, 0.1) is 11.3 Å². The molecule has 0 unspecified atom stereocenters. The molecular formula is C14H22O3. The molecular weight excluding hydrogens is 216 g/mol. The zero-order valence-corrected chi connectivity index (χ0v) is 11.0. The molecule has 1 fully saturated rings. The summed E-state index contributed by atoms with van der Waals surface area (Å²) in [6.07, 6.45) is 7.60. The van der Waals surface area contributed by atoms with Crippen molar-refractivity contribution in [1.29, 1.82) is 0 Å². The minimum absolute atomic E-state index is 0.0237. The first-order valence-electron chi connectivity index (χ1n) is 6.28. The Balaban J connectivity index is 2.71. The molecule has 3 nitrogen and oxygen atoms in total. The first-order chi connectivity index (χ1) is 8.03. The van der Waals surface area contributed by atoms with Crippen LogP contribution in [0.15, 0.2) is 12.2 Å². The number of allylic oxidation sites excluding steroid dienone is 2. The number of ether oxygens (including phenoxy) is 1. The number of hydrogen-bond donors (Lipinski definition) is 0. The van der Waals surface area contributed by atoms with Gasteiger partial charge in [-0.2, -0.15) is 0 Å². The second kappa shape index (κ2) is 5.99. The van der Waals surface area contributed by atoms with Crippen LogP contribution in [0.3, 0.4) is 0 Å². The summed E-state index contributed by atoms with van der Waals surface area (Å²) in [5.41, 5.74) is -0.220. The van der Waals surface area contributed by atoms with Crippen LogP contribution in [0.5, 0.6) is 0 Å². The molecule has 1 saturated carbocycles. The Hall–Kier alpha value is -1.12. The van der Waals surface area contributed by atoms with Gasteiger partial charge in [0, 0.05) is 12.3 Å². The fourth-order valence-corrected chi connectivity index (χ4v) is 2.57. The van der Waals surface area contributed by atoms with Gasteiger partial charge in [0.2, 0.25) is 0 Å². The quantitative estimate of drug-likeness (QED) is 0.546. The molecule has 17 heavy (non-hydrogen) atoms. The summed E-state index contributed by atoms with van der Waals surface area (Å²) in [5, 5.41) is 0. The Morgan fingerprint density at radius 3 is 2.82 bits per heavy atom. The van der Waals surface area contributed by atoms with E-state index in [0.717, 1.165) is 19.3 Å². The third-order valence-electron chi connectivity index (χ3n) is 3.72. The van der Waals surface area contributed by atoms with Crippen LogP contribution in [0.4, 0.5) is 0 Å². The molecule has 1 aliphatic rings. The summed E-state index contributed by atoms with van der Waals surface area (Å²) in [4.78, 5) is 23.3. The van der Waals surface area contributed by atoms with Crippen molar-refractivity contribution in [2.24, 2.45) is 11.3 Å². The summed E-state index contributed by atoms with van der Waals surface area (Å²) < 4.78 is 4.72. The van der Waals surface area contributed by atoms with E-state index in [-0.39, 0.29) is 23.1 Å². The van der Waals surface area contributed by atoms with Crippen LogP contribution in [0.2, 0.25) is 0 Å². The van der Waals surface area contributed by atoms with Crippen LogP contribution in [-0.4, -0.2) is 18.9 Å². The lowest BCUT2D eigenvalue weighted by atomic mass is 9.75. The molecule has 0 bridgehead atoms. The Morgan fingerprint density at radius 1 is 1.53 bits per heavy atom. The molecule has 3 heteroatoms. The largest absolute Gasteiger partial charge is 0.469 e. The van der Waals surface area contributed by atoms with E-state index < -0.39 is 0 Å². The van der Waals surface area contributed by atoms with Gasteiger partial charge in [0.05, 0.1) is 13.5 Å². The second-order valence-electron chi connectivity index (χ2n) is 5.04. The van der Waals surface area contributed by atoms with Crippen LogP contribution in [0.25, 0.3) is 0 Å². The topological polar surface area (TPSA) is 43.4 Å². The highest BCUT2D eigenvalue weighted by Crippen LogP contribution is 2.45. The van der Waals surface area contributed by atoms with Gasteiger partial charge in [-0.05, 0) is 24.7 Å². The van der Waals surface area contributed by atoms with Crippen molar-refractivity contribution in [1.82, 2.24) is 0 Å². The Morgan fingerprint density at radius 2 is 2.24 bits per heavy atom. The lowest BCUT2D eigenvalue weighted by Gasteiger charge is -2.28. The standard InChI is InChI=1S/C14H22O3/c1-4-5-6-7-11-12(15)8-9-14(11,2)10-13(16)17-3/h5-6,11H,4,7-10H2,1-3H3/b6-5-/t11-,14-/m1/s1. The van der Waals surface area contributed by atoms with Gasteiger partial charge in [-0.3, -0.25) is 9.59 Å². The fourth-order valence-electron chi connectivity index (χ4n) is 2.57. The van der Waals surface area contributed by atoms with Crippen LogP contribution >= 0.6 is 0 Å². The molecule has 0 N–H and O–H groups in total. The van der Waals surface area contributed by atoms with Crippen molar-refractivity contribution in [2.45, 2.75) is 46.0 Å². The molecule has 2 atom stereocenters. The molecule has 1 rings (SSSR count). The predicted octanol–water partition coefficient (Wildman–Crippen LogP) is 2.89. The number of carbonyl (C=O) groups is 2. The molecule has 0 heterocycles. The van der Waals surface area contributed by atoms with Crippen molar-refractivity contribution < 1.29 is 14.3 Å². The third-order valence-corrected chi connectivity index (χ3v) is 3.72. The average molecular weight is 238 g/mol. The summed E-state index contributed by atoms with van der Waals surface area (Å²) in [6, 6.07) is 0. The van der Waals surface area contributed by atoms with Gasteiger partial charge in [-0.1, -0.05) is 26.0 Å². The van der Waals surface area contributed by atoms with Crippen molar-refractivity contribution in [3.63, 3.8) is 0 Å². The van der Waals surface area contributed by atoms with Crippen LogP contribution in [0.1, 0.15) is 46.0 Å². The van der Waals surface area contributed by atoms with Crippen molar-refractivity contribution in [3.8, 4) is 0 Å². The van der Waals surface area contributed by atoms with Gasteiger partial charge in [-0.15, -0.1) is 0 Å². The first-order valence-corrected chi connectivity index (χ1v) is 6.28. The molecule has 0 amide bonds. The molecule has 0 aromatic carbocycles. The number of rotatable bonds is 5. The van der Waals surface area contributed by atoms with Crippen molar-refractivity contribution in [3.05, 3.63) is 12.2 Å². The highest BCUT2D eigenvalue weighted by atomic mass is 16.5. The van der Waals surface area contributed by atoms with Gasteiger partial charge < -0.3 is 4.74 Å². The van der Waals surface area contributed by atoms with Gasteiger partial charge in [0.25, 0.3) is 0 Å². The maximum Gasteiger partial charge on any atom is 0.306 e. The molecule has 0 radical (unpaired) electrons. The maximum atomic E-state index is 11.9. The van der Waals surface area contributed by atoms with Crippen molar-refractivity contribution in [2.75, 3.05) is 7.11 Å². The van der Waals surface area contributed by atoms with E-state index in [1.165, 1.54) is 7.11 Å². The number of carbonyl (C=O) groups excluding carboxylic acids is 2. The van der Waals surface area contributed by atoms with E-state index in [1.807, 2.05) is 6.92 Å². The SMILES string of the molecule is CC/C=C\C[C@@H]1C(=O)CC[C@]1(C)CC(=O)OC. The highest BCUT2D eigenvalue weighted by Gasteiger charge is 2.45. The lowest BCUT2D eigenvalue weighted by Crippen LogP contribution is -2.28. The van der Waals surface area contributed by atoms with Gasteiger partial charge in [0.1, 0.15) is 5.78 Å². The molecule has 0 aromatic rings. The van der Waals surface area contributed by atoms with E-state index in [2.05, 4.69) is 19.1 Å². The summed E-state index contributed by atoms with van der Waals surface area (Å²) in [5.74, 6) is 0.0493. The number of Topliss-reactive ketones (excluding diaryl/α,β-unsaturated/α-hetero) is 1. The maximum absolute atomic E-state index is 11.9. The number of hydrogen-bond acceptors (Lipinski definition) is 3. The summed E-state index contributed by atoms with van der Waals surface area (Å²) >= 11 is 0. The van der Waals surface area contributed by atoms with Crippen molar-refractivity contribution >= 4 is 11.8 Å². The normalized spacial score (nSPS) is 28.9. The van der Waals surface area contributed by atoms with Gasteiger partial charge in [0.15, 0.2) is 0 Å². The smallest absolute Gasteiger partial charge is 0.306 e. The number of esters is 1. The van der Waals surface area contributed by atoms with Gasteiger partial charge >= 0.3 is 5.97 Å². The Labute approximate surface area is 103 Å². The van der Waals surface area contributed by atoms with Gasteiger partial charge in [-0.25, -0.2) is 0 Å². The molecule has 96 valence electrons. The molecule has 0 saturated heterocycles. The number of methoxy groups -OCH3 is 1. The number of ketones is 1.